The zero-order chi connectivity index (χ0) is 21.8. The van der Waals surface area contributed by atoms with Crippen LogP contribution in [0.3, 0.4) is 0 Å². The van der Waals surface area contributed by atoms with Gasteiger partial charge in [0.15, 0.2) is 11.5 Å². The van der Waals surface area contributed by atoms with Gasteiger partial charge >= 0.3 is 0 Å². The first-order chi connectivity index (χ1) is 15.0. The average Bonchev–Trinajstić information content (AvgIpc) is 3.19. The largest absolute Gasteiger partial charge is 0.494 e. The zero-order valence-electron chi connectivity index (χ0n) is 17.0. The molecular formula is C22H23N3O6. The summed E-state index contributed by atoms with van der Waals surface area (Å²) in [4.78, 5) is 38.8. The molecule has 9 heteroatoms. The number of para-hydroxylation sites is 2. The van der Waals surface area contributed by atoms with E-state index in [0.717, 1.165) is 0 Å². The Hall–Kier alpha value is -3.75. The van der Waals surface area contributed by atoms with Crippen LogP contribution in [0.4, 0.5) is 5.69 Å². The molecule has 2 aromatic rings. The molecule has 0 saturated carbocycles. The van der Waals surface area contributed by atoms with Crippen LogP contribution in [0.25, 0.3) is 0 Å². The lowest BCUT2D eigenvalue weighted by molar-refractivity contribution is -0.136. The van der Waals surface area contributed by atoms with Crippen molar-refractivity contribution in [2.75, 3.05) is 24.7 Å². The third kappa shape index (κ3) is 4.55. The Kier molecular flexibility index (Phi) is 5.92. The van der Waals surface area contributed by atoms with Crippen LogP contribution in [0, 0.1) is 5.92 Å². The van der Waals surface area contributed by atoms with Crippen LogP contribution in [0.1, 0.15) is 13.3 Å². The smallest absolute Gasteiger partial charge is 0.283 e. The predicted octanol–water partition coefficient (Wildman–Crippen LogP) is 1.43. The Labute approximate surface area is 179 Å². The second kappa shape index (κ2) is 8.95. The molecule has 0 aromatic heterocycles. The SMILES string of the molecule is CCOc1ccc(N2C[C@H](C(=O)NNC(=O)[C@@H]3COc4ccccc4O3)CC2=O)cc1. The second-order valence-corrected chi connectivity index (χ2v) is 7.18. The number of hydrogen-bond acceptors (Lipinski definition) is 6. The van der Waals surface area contributed by atoms with Crippen LogP contribution in [0.5, 0.6) is 17.2 Å². The highest BCUT2D eigenvalue weighted by Gasteiger charge is 2.36. The third-order valence-electron chi connectivity index (χ3n) is 5.07. The van der Waals surface area contributed by atoms with Gasteiger partial charge in [-0.2, -0.15) is 0 Å². The summed E-state index contributed by atoms with van der Waals surface area (Å²) in [5.41, 5.74) is 5.45. The number of hydrazine groups is 1. The second-order valence-electron chi connectivity index (χ2n) is 7.18. The minimum atomic E-state index is -0.888. The number of carbonyl (C=O) groups excluding carboxylic acids is 3. The Morgan fingerprint density at radius 3 is 2.52 bits per heavy atom. The van der Waals surface area contributed by atoms with Crippen LogP contribution < -0.4 is 30.0 Å². The molecule has 2 aliphatic rings. The first-order valence-electron chi connectivity index (χ1n) is 10.1. The summed E-state index contributed by atoms with van der Waals surface area (Å²) in [6.07, 6.45) is -0.827. The van der Waals surface area contributed by atoms with E-state index in [0.29, 0.717) is 29.5 Å². The quantitative estimate of drug-likeness (QED) is 0.702. The summed E-state index contributed by atoms with van der Waals surface area (Å²) >= 11 is 0. The summed E-state index contributed by atoms with van der Waals surface area (Å²) in [7, 11) is 0. The molecule has 1 fully saturated rings. The van der Waals surface area contributed by atoms with Gasteiger partial charge in [-0.1, -0.05) is 12.1 Å². The molecule has 2 aliphatic heterocycles. The third-order valence-corrected chi connectivity index (χ3v) is 5.07. The van der Waals surface area contributed by atoms with Crippen molar-refractivity contribution < 1.29 is 28.6 Å². The lowest BCUT2D eigenvalue weighted by Gasteiger charge is -2.25. The van der Waals surface area contributed by atoms with E-state index < -0.39 is 23.8 Å². The molecule has 2 heterocycles. The molecule has 31 heavy (non-hydrogen) atoms. The number of ether oxygens (including phenoxy) is 3. The number of benzene rings is 2. The summed E-state index contributed by atoms with van der Waals surface area (Å²) in [6, 6.07) is 14.2. The van der Waals surface area contributed by atoms with E-state index >= 15 is 0 Å². The Morgan fingerprint density at radius 2 is 1.77 bits per heavy atom. The molecule has 2 atom stereocenters. The van der Waals surface area contributed by atoms with Gasteiger partial charge in [-0.05, 0) is 43.3 Å². The highest BCUT2D eigenvalue weighted by atomic mass is 16.6. The van der Waals surface area contributed by atoms with Gasteiger partial charge in [0, 0.05) is 18.7 Å². The van der Waals surface area contributed by atoms with Crippen molar-refractivity contribution in [1.29, 1.82) is 0 Å². The van der Waals surface area contributed by atoms with Gasteiger partial charge in [0.1, 0.15) is 12.4 Å². The molecule has 162 valence electrons. The average molecular weight is 425 g/mol. The molecule has 9 nitrogen and oxygen atoms in total. The molecule has 0 unspecified atom stereocenters. The lowest BCUT2D eigenvalue weighted by atomic mass is 10.1. The number of nitrogens with zero attached hydrogens (tertiary/aromatic N) is 1. The maximum absolute atomic E-state index is 12.5. The topological polar surface area (TPSA) is 106 Å². The maximum Gasteiger partial charge on any atom is 0.283 e. The van der Waals surface area contributed by atoms with Crippen molar-refractivity contribution in [3.05, 3.63) is 48.5 Å². The molecule has 4 rings (SSSR count). The monoisotopic (exact) mass is 425 g/mol. The molecular weight excluding hydrogens is 402 g/mol. The number of hydrogen-bond donors (Lipinski definition) is 2. The highest BCUT2D eigenvalue weighted by Crippen LogP contribution is 2.31. The first-order valence-corrected chi connectivity index (χ1v) is 10.1. The van der Waals surface area contributed by atoms with Gasteiger partial charge in [0.2, 0.25) is 17.9 Å². The van der Waals surface area contributed by atoms with Gasteiger partial charge in [-0.15, -0.1) is 0 Å². The summed E-state index contributed by atoms with van der Waals surface area (Å²) in [5.74, 6) is 0.0381. The molecule has 0 spiro atoms. The fourth-order valence-electron chi connectivity index (χ4n) is 3.48. The summed E-state index contributed by atoms with van der Waals surface area (Å²) in [5, 5.41) is 0. The Bertz CT molecular complexity index is 977. The van der Waals surface area contributed by atoms with Crippen molar-refractivity contribution in [2.24, 2.45) is 5.92 Å². The van der Waals surface area contributed by atoms with Gasteiger partial charge in [-0.25, -0.2) is 0 Å². The Morgan fingerprint density at radius 1 is 1.06 bits per heavy atom. The Balaban J connectivity index is 1.29. The fourth-order valence-corrected chi connectivity index (χ4v) is 3.48. The van der Waals surface area contributed by atoms with Crippen LogP contribution in [-0.2, 0) is 14.4 Å². The standard InChI is InChI=1S/C22H23N3O6/c1-2-29-16-9-7-15(8-10-16)25-12-14(11-20(25)26)21(27)23-24-22(28)19-13-30-17-5-3-4-6-18(17)31-19/h3-10,14,19H,2,11-13H2,1H3,(H,23,27)(H,24,28)/t14-,19+/m1/s1. The fraction of sp³-hybridized carbons (Fsp3) is 0.318. The number of rotatable bonds is 5. The number of amides is 3. The van der Waals surface area contributed by atoms with Gasteiger partial charge in [0.05, 0.1) is 12.5 Å². The van der Waals surface area contributed by atoms with Crippen LogP contribution in [0.2, 0.25) is 0 Å². The number of carbonyl (C=O) groups is 3. The normalized spacial score (nSPS) is 19.6. The van der Waals surface area contributed by atoms with E-state index in [1.807, 2.05) is 13.0 Å². The van der Waals surface area contributed by atoms with Crippen molar-refractivity contribution >= 4 is 23.4 Å². The molecule has 2 N–H and O–H groups in total. The zero-order valence-corrected chi connectivity index (χ0v) is 17.0. The molecule has 2 aromatic carbocycles. The van der Waals surface area contributed by atoms with Gasteiger partial charge in [0.25, 0.3) is 5.91 Å². The van der Waals surface area contributed by atoms with Crippen molar-refractivity contribution in [3.8, 4) is 17.2 Å². The summed E-state index contributed by atoms with van der Waals surface area (Å²) < 4.78 is 16.5. The number of fused-ring (bicyclic) bond motifs is 1. The van der Waals surface area contributed by atoms with Crippen LogP contribution >= 0.6 is 0 Å². The number of nitrogens with one attached hydrogen (secondary N) is 2. The molecule has 0 aliphatic carbocycles. The molecule has 0 bridgehead atoms. The van der Waals surface area contributed by atoms with Crippen molar-refractivity contribution in [2.45, 2.75) is 19.4 Å². The lowest BCUT2D eigenvalue weighted by Crippen LogP contribution is -2.52. The maximum atomic E-state index is 12.5. The van der Waals surface area contributed by atoms with Crippen LogP contribution in [0.15, 0.2) is 48.5 Å². The van der Waals surface area contributed by atoms with Crippen LogP contribution in [-0.4, -0.2) is 43.6 Å². The predicted molar refractivity (Wildman–Crippen MR) is 111 cm³/mol. The van der Waals surface area contributed by atoms with E-state index in [4.69, 9.17) is 14.2 Å². The highest BCUT2D eigenvalue weighted by molar-refractivity contribution is 6.00. The van der Waals surface area contributed by atoms with Crippen molar-refractivity contribution in [1.82, 2.24) is 10.9 Å². The number of anilines is 1. The van der Waals surface area contributed by atoms with E-state index in [1.54, 1.807) is 47.4 Å². The van der Waals surface area contributed by atoms with Gasteiger partial charge < -0.3 is 19.1 Å². The minimum Gasteiger partial charge on any atom is -0.494 e. The van der Waals surface area contributed by atoms with E-state index in [9.17, 15) is 14.4 Å². The summed E-state index contributed by atoms with van der Waals surface area (Å²) in [6.45, 7) is 2.71. The van der Waals surface area contributed by atoms with Gasteiger partial charge in [-0.3, -0.25) is 25.2 Å². The first kappa shape index (κ1) is 20.5. The van der Waals surface area contributed by atoms with E-state index in [2.05, 4.69) is 10.9 Å². The van der Waals surface area contributed by atoms with Crippen molar-refractivity contribution in [3.63, 3.8) is 0 Å². The van der Waals surface area contributed by atoms with E-state index in [1.165, 1.54) is 0 Å². The molecule has 3 amide bonds. The molecule has 1 saturated heterocycles. The minimum absolute atomic E-state index is 0.0339. The molecule has 0 radical (unpaired) electrons. The van der Waals surface area contributed by atoms with E-state index in [-0.39, 0.29) is 25.5 Å².